The van der Waals surface area contributed by atoms with E-state index in [2.05, 4.69) is 25.0 Å². The number of aliphatic carboxylic acids is 1. The minimum Gasteiger partial charge on any atom is -0.477 e. The molecule has 9 heteroatoms. The van der Waals surface area contributed by atoms with E-state index >= 15 is 0 Å². The zero-order chi connectivity index (χ0) is 18.9. The van der Waals surface area contributed by atoms with Crippen molar-refractivity contribution in [1.82, 2.24) is 10.2 Å². The number of β-lactam (4-membered cyclic amide) rings is 1. The maximum Gasteiger partial charge on any atom is 0.353 e. The Morgan fingerprint density at radius 1 is 1.44 bits per heavy atom. The number of amides is 2. The van der Waals surface area contributed by atoms with Gasteiger partial charge in [0.15, 0.2) is 8.32 Å². The monoisotopic (exact) mass is 386 g/mol. The van der Waals surface area contributed by atoms with Crippen molar-refractivity contribution in [2.45, 2.75) is 52.1 Å². The lowest BCUT2D eigenvalue weighted by molar-refractivity contribution is -0.160. The standard InChI is InChI=1S/C16H26N2O5SSi/c1-9(23-25(3,4)5)13-11-8-12(24-7-6-17-10(2)19)14(16(21)22)18(11)15(13)20/h9,11,13H,6-8H2,1-5H3,(H,17,19)(H,21,22)/t9-,11+,13+/m0/s1. The molecule has 0 bridgehead atoms. The van der Waals surface area contributed by atoms with E-state index in [1.54, 1.807) is 0 Å². The van der Waals surface area contributed by atoms with Crippen LogP contribution in [0.4, 0.5) is 0 Å². The van der Waals surface area contributed by atoms with Crippen molar-refractivity contribution in [3.63, 3.8) is 0 Å². The van der Waals surface area contributed by atoms with Gasteiger partial charge in [-0.05, 0) is 26.6 Å². The Morgan fingerprint density at radius 3 is 2.60 bits per heavy atom. The van der Waals surface area contributed by atoms with Gasteiger partial charge in [-0.1, -0.05) is 0 Å². The summed E-state index contributed by atoms with van der Waals surface area (Å²) in [6.07, 6.45) is 0.335. The summed E-state index contributed by atoms with van der Waals surface area (Å²) in [7, 11) is -1.78. The Morgan fingerprint density at radius 2 is 2.08 bits per heavy atom. The fraction of sp³-hybridized carbons (Fsp3) is 0.688. The molecule has 2 amide bonds. The van der Waals surface area contributed by atoms with Gasteiger partial charge in [0.2, 0.25) is 11.8 Å². The fourth-order valence-corrected chi connectivity index (χ4v) is 5.70. The van der Waals surface area contributed by atoms with Gasteiger partial charge in [0, 0.05) is 30.5 Å². The molecule has 1 saturated heterocycles. The summed E-state index contributed by atoms with van der Waals surface area (Å²) < 4.78 is 6.05. The molecule has 0 unspecified atom stereocenters. The van der Waals surface area contributed by atoms with Crippen molar-refractivity contribution in [2.75, 3.05) is 12.3 Å². The molecule has 0 spiro atoms. The zero-order valence-corrected chi connectivity index (χ0v) is 17.1. The second-order valence-corrected chi connectivity index (χ2v) is 13.0. The molecule has 2 N–H and O–H groups in total. The van der Waals surface area contributed by atoms with Crippen LogP contribution in [0, 0.1) is 5.92 Å². The highest BCUT2D eigenvalue weighted by atomic mass is 32.2. The quantitative estimate of drug-likeness (QED) is 0.374. The molecule has 3 atom stereocenters. The number of carbonyl (C=O) groups is 3. The number of hydrogen-bond donors (Lipinski definition) is 2. The number of hydrogen-bond acceptors (Lipinski definition) is 5. The van der Waals surface area contributed by atoms with Gasteiger partial charge in [-0.15, -0.1) is 11.8 Å². The van der Waals surface area contributed by atoms with Crippen molar-refractivity contribution in [3.05, 3.63) is 10.6 Å². The first-order chi connectivity index (χ1) is 11.5. The van der Waals surface area contributed by atoms with E-state index in [-0.39, 0.29) is 35.6 Å². The molecule has 0 aromatic heterocycles. The van der Waals surface area contributed by atoms with E-state index in [4.69, 9.17) is 4.43 Å². The highest BCUT2D eigenvalue weighted by Crippen LogP contribution is 2.47. The summed E-state index contributed by atoms with van der Waals surface area (Å²) in [5.41, 5.74) is 0.0966. The van der Waals surface area contributed by atoms with Crippen LogP contribution in [0.15, 0.2) is 10.6 Å². The topological polar surface area (TPSA) is 95.9 Å². The molecule has 0 saturated carbocycles. The molecule has 0 aromatic rings. The summed E-state index contributed by atoms with van der Waals surface area (Å²) in [5, 5.41) is 12.2. The lowest BCUT2D eigenvalue weighted by Gasteiger charge is -2.46. The number of fused-ring (bicyclic) bond motifs is 1. The Kier molecular flexibility index (Phi) is 6.00. The summed E-state index contributed by atoms with van der Waals surface area (Å²) in [4.78, 5) is 37.2. The molecule has 0 radical (unpaired) electrons. The van der Waals surface area contributed by atoms with Gasteiger partial charge in [0.1, 0.15) is 5.70 Å². The molecular formula is C16H26N2O5SSi. The van der Waals surface area contributed by atoms with Crippen molar-refractivity contribution in [1.29, 1.82) is 0 Å². The molecule has 1 fully saturated rings. The van der Waals surface area contributed by atoms with Gasteiger partial charge in [-0.3, -0.25) is 9.59 Å². The Bertz CT molecular complexity index is 616. The normalized spacial score (nSPS) is 24.0. The van der Waals surface area contributed by atoms with Crippen LogP contribution < -0.4 is 5.32 Å². The van der Waals surface area contributed by atoms with Crippen LogP contribution in [0.3, 0.4) is 0 Å². The maximum atomic E-state index is 12.5. The molecule has 140 valence electrons. The minimum absolute atomic E-state index is 0.0966. The third kappa shape index (κ3) is 4.45. The molecule has 7 nitrogen and oxygen atoms in total. The van der Waals surface area contributed by atoms with Crippen molar-refractivity contribution in [3.8, 4) is 0 Å². The molecule has 2 aliphatic rings. The van der Waals surface area contributed by atoms with Crippen molar-refractivity contribution < 1.29 is 23.9 Å². The van der Waals surface area contributed by atoms with Crippen LogP contribution in [0.2, 0.25) is 19.6 Å². The van der Waals surface area contributed by atoms with Crippen molar-refractivity contribution in [2.24, 2.45) is 5.92 Å². The molecule has 2 rings (SSSR count). The number of carboxylic acid groups (broad SMARTS) is 1. The Labute approximate surface area is 153 Å². The van der Waals surface area contributed by atoms with Gasteiger partial charge in [-0.25, -0.2) is 4.79 Å². The maximum absolute atomic E-state index is 12.5. The smallest absolute Gasteiger partial charge is 0.353 e. The summed E-state index contributed by atoms with van der Waals surface area (Å²) >= 11 is 1.40. The lowest BCUT2D eigenvalue weighted by Crippen LogP contribution is -2.63. The first-order valence-corrected chi connectivity index (χ1v) is 12.8. The van der Waals surface area contributed by atoms with Gasteiger partial charge >= 0.3 is 5.97 Å². The Balaban J connectivity index is 2.05. The van der Waals surface area contributed by atoms with Crippen LogP contribution in [0.5, 0.6) is 0 Å². The third-order valence-corrected chi connectivity index (χ3v) is 6.36. The van der Waals surface area contributed by atoms with E-state index in [1.165, 1.54) is 23.6 Å². The van der Waals surface area contributed by atoms with E-state index in [9.17, 15) is 19.5 Å². The number of carboxylic acids is 1. The highest BCUT2D eigenvalue weighted by Gasteiger charge is 2.57. The molecule has 25 heavy (non-hydrogen) atoms. The lowest BCUT2D eigenvalue weighted by atomic mass is 9.83. The average Bonchev–Trinajstić information content (AvgIpc) is 2.76. The van der Waals surface area contributed by atoms with Crippen molar-refractivity contribution >= 4 is 37.9 Å². The number of nitrogens with one attached hydrogen (secondary N) is 1. The summed E-state index contributed by atoms with van der Waals surface area (Å²) in [5.74, 6) is -1.06. The first-order valence-electron chi connectivity index (χ1n) is 8.37. The second kappa shape index (κ2) is 7.51. The van der Waals surface area contributed by atoms with Crippen LogP contribution in [0.1, 0.15) is 20.3 Å². The van der Waals surface area contributed by atoms with E-state index in [0.29, 0.717) is 23.6 Å². The van der Waals surface area contributed by atoms with Crippen LogP contribution in [0.25, 0.3) is 0 Å². The van der Waals surface area contributed by atoms with Gasteiger partial charge in [-0.2, -0.15) is 0 Å². The van der Waals surface area contributed by atoms with Gasteiger partial charge in [0.25, 0.3) is 0 Å². The zero-order valence-electron chi connectivity index (χ0n) is 15.3. The molecule has 0 aromatic carbocycles. The van der Waals surface area contributed by atoms with E-state index in [0.717, 1.165) is 0 Å². The SMILES string of the molecule is CC(=O)NCCSC1=C(C(=O)O)N2C(=O)[C@H]([C@H](C)O[Si](C)(C)C)[C@H]2C1. The number of rotatable bonds is 8. The number of carbonyl (C=O) groups excluding carboxylic acids is 2. The predicted octanol–water partition coefficient (Wildman–Crippen LogP) is 1.62. The average molecular weight is 387 g/mol. The predicted molar refractivity (Wildman–Crippen MR) is 98.4 cm³/mol. The van der Waals surface area contributed by atoms with Crippen LogP contribution in [-0.4, -0.2) is 60.6 Å². The molecule has 2 aliphatic heterocycles. The summed E-state index contributed by atoms with van der Waals surface area (Å²) in [6, 6.07) is -0.131. The van der Waals surface area contributed by atoms with Gasteiger partial charge < -0.3 is 19.7 Å². The van der Waals surface area contributed by atoms with E-state index in [1.807, 2.05) is 6.92 Å². The highest BCUT2D eigenvalue weighted by molar-refractivity contribution is 8.03. The van der Waals surface area contributed by atoms with Crippen LogP contribution >= 0.6 is 11.8 Å². The number of thioether (sulfide) groups is 1. The number of nitrogens with zero attached hydrogens (tertiary/aromatic N) is 1. The molecular weight excluding hydrogens is 360 g/mol. The molecule has 0 aliphatic carbocycles. The summed E-state index contributed by atoms with van der Waals surface area (Å²) in [6.45, 7) is 10.0. The van der Waals surface area contributed by atoms with Gasteiger partial charge in [0.05, 0.1) is 18.1 Å². The minimum atomic E-state index is -1.78. The third-order valence-electron chi connectivity index (χ3n) is 4.17. The molecule has 2 heterocycles. The van der Waals surface area contributed by atoms with E-state index < -0.39 is 14.3 Å². The Hall–Kier alpha value is -1.32. The largest absolute Gasteiger partial charge is 0.477 e. The first kappa shape index (κ1) is 20.0. The van der Waals surface area contributed by atoms with Crippen LogP contribution in [-0.2, 0) is 18.8 Å². The second-order valence-electron chi connectivity index (χ2n) is 7.35. The fourth-order valence-electron chi connectivity index (χ4n) is 3.38.